The Hall–Kier alpha value is -4.47. The number of hydrogen-bond acceptors (Lipinski definition) is 9. The quantitative estimate of drug-likeness (QED) is 0.147. The van der Waals surface area contributed by atoms with Crippen molar-refractivity contribution >= 4 is 45.5 Å². The van der Waals surface area contributed by atoms with E-state index in [1.807, 2.05) is 31.2 Å². The number of rotatable bonds is 15. The summed E-state index contributed by atoms with van der Waals surface area (Å²) in [6.45, 7) is 16.3. The van der Waals surface area contributed by atoms with Crippen molar-refractivity contribution in [3.05, 3.63) is 48.0 Å². The van der Waals surface area contributed by atoms with Crippen molar-refractivity contribution < 1.29 is 41.9 Å². The molecule has 3 aliphatic rings. The molecule has 15 nitrogen and oxygen atoms in total. The highest BCUT2D eigenvalue weighted by atomic mass is 32.2. The minimum Gasteiger partial charge on any atom is -0.444 e. The number of benzene rings is 1. The van der Waals surface area contributed by atoms with Crippen LogP contribution in [-0.4, -0.2) is 114 Å². The third-order valence-electron chi connectivity index (χ3n) is 11.6. The third-order valence-corrected chi connectivity index (χ3v) is 14.4. The minimum atomic E-state index is -3.64. The normalized spacial score (nSPS) is 20.3. The molecule has 1 saturated carbocycles. The zero-order valence-corrected chi connectivity index (χ0v) is 36.8. The van der Waals surface area contributed by atoms with Gasteiger partial charge in [0, 0.05) is 26.1 Å². The molecular formula is C43H66N6O9S. The lowest BCUT2D eigenvalue weighted by Gasteiger charge is -2.41. The van der Waals surface area contributed by atoms with Crippen molar-refractivity contribution in [2.45, 2.75) is 154 Å². The summed E-state index contributed by atoms with van der Waals surface area (Å²) in [6.07, 6.45) is 5.14. The van der Waals surface area contributed by atoms with Crippen molar-refractivity contribution in [3.63, 3.8) is 0 Å². The van der Waals surface area contributed by atoms with Crippen LogP contribution in [-0.2, 0) is 46.7 Å². The highest BCUT2D eigenvalue weighted by Gasteiger charge is 2.48. The molecule has 4 N–H and O–H groups in total. The number of nitrogens with one attached hydrogen (secondary N) is 4. The molecule has 4 rings (SSSR count). The van der Waals surface area contributed by atoms with Gasteiger partial charge < -0.3 is 35.8 Å². The summed E-state index contributed by atoms with van der Waals surface area (Å²) in [4.78, 5) is 85.4. The van der Waals surface area contributed by atoms with Crippen LogP contribution in [0.25, 0.3) is 0 Å². The lowest BCUT2D eigenvalue weighted by atomic mass is 9.83. The maximum absolute atomic E-state index is 14.8. The topological polar surface area (TPSA) is 200 Å². The van der Waals surface area contributed by atoms with E-state index in [9.17, 15) is 37.2 Å². The van der Waals surface area contributed by atoms with Gasteiger partial charge in [-0.15, -0.1) is 6.58 Å². The van der Waals surface area contributed by atoms with Crippen LogP contribution in [0.1, 0.15) is 117 Å². The summed E-state index contributed by atoms with van der Waals surface area (Å²) in [5.41, 5.74) is 0.194. The standard InChI is InChI=1S/C43H66N6O9S/c1-9-11-19-32(34(50)37(52)44-23-10-2)45-36(51)33-25-31(58-40(55)48-24-20-29-17-13-14-18-30(29)26-48)27-49(33)38(53)35(41(3,4)5)46-39(54)47-43(21-15-12-16-22-43)28-59(56,57)42(6,7)8/h10,13-14,17-18,31-33,35H,2,9,11-12,15-16,19-28H2,1,3-8H3,(H,44,52)(H,45,51)(H2,46,47,54)/t31-,32?,33?,35-/m1/s1. The SMILES string of the molecule is C=CCNC(=O)C(=O)C(CCCC)NC(=O)C1C[C@@H](OC(=O)N2CCc3ccccc3C2)CN1C(=O)[C@@H](NC(=O)NC1(CS(=O)(=O)C(C)(C)C)CCCCC1)C(C)(C)C. The largest absolute Gasteiger partial charge is 0.444 e. The Labute approximate surface area is 350 Å². The van der Waals surface area contributed by atoms with E-state index in [0.717, 1.165) is 30.4 Å². The second kappa shape index (κ2) is 19.7. The summed E-state index contributed by atoms with van der Waals surface area (Å²) < 4.78 is 31.8. The van der Waals surface area contributed by atoms with E-state index in [0.29, 0.717) is 45.2 Å². The molecular weight excluding hydrogens is 777 g/mol. The first kappa shape index (κ1) is 47.2. The number of unbranched alkanes of at least 4 members (excludes halogenated alkanes) is 1. The van der Waals surface area contributed by atoms with Gasteiger partial charge in [0.25, 0.3) is 5.91 Å². The molecule has 6 amide bonds. The van der Waals surface area contributed by atoms with Gasteiger partial charge in [0.05, 0.1) is 28.6 Å². The Morgan fingerprint density at radius 1 is 0.983 bits per heavy atom. The van der Waals surface area contributed by atoms with Crippen LogP contribution in [0.15, 0.2) is 36.9 Å². The molecule has 1 aliphatic carbocycles. The first-order valence-corrected chi connectivity index (χ1v) is 22.6. The summed E-state index contributed by atoms with van der Waals surface area (Å²) in [5.74, 6) is -3.30. The van der Waals surface area contributed by atoms with Crippen LogP contribution in [0.3, 0.4) is 0 Å². The van der Waals surface area contributed by atoms with E-state index in [1.165, 1.54) is 11.0 Å². The number of carbonyl (C=O) groups excluding carboxylic acids is 6. The summed E-state index contributed by atoms with van der Waals surface area (Å²) in [7, 11) is -3.64. The molecule has 2 unspecified atom stereocenters. The fourth-order valence-electron chi connectivity index (χ4n) is 7.94. The van der Waals surface area contributed by atoms with Gasteiger partial charge in [-0.2, -0.15) is 0 Å². The number of sulfone groups is 1. The molecule has 0 bridgehead atoms. The van der Waals surface area contributed by atoms with Crippen LogP contribution in [0.4, 0.5) is 9.59 Å². The number of urea groups is 1. The van der Waals surface area contributed by atoms with Gasteiger partial charge in [-0.05, 0) is 63.0 Å². The molecule has 4 atom stereocenters. The van der Waals surface area contributed by atoms with Gasteiger partial charge in [0.1, 0.15) is 18.2 Å². The van der Waals surface area contributed by atoms with Crippen molar-refractivity contribution in [3.8, 4) is 0 Å². The maximum atomic E-state index is 14.8. The van der Waals surface area contributed by atoms with E-state index >= 15 is 0 Å². The number of nitrogens with zero attached hydrogens (tertiary/aromatic N) is 2. The van der Waals surface area contributed by atoms with Gasteiger partial charge in [0.15, 0.2) is 9.84 Å². The molecule has 2 aliphatic heterocycles. The number of hydrogen-bond donors (Lipinski definition) is 4. The molecule has 2 fully saturated rings. The molecule has 59 heavy (non-hydrogen) atoms. The van der Waals surface area contributed by atoms with Crippen molar-refractivity contribution in [2.75, 3.05) is 25.4 Å². The van der Waals surface area contributed by atoms with E-state index in [4.69, 9.17) is 4.74 Å². The predicted octanol–water partition coefficient (Wildman–Crippen LogP) is 4.33. The van der Waals surface area contributed by atoms with Crippen molar-refractivity contribution in [1.29, 1.82) is 0 Å². The smallest absolute Gasteiger partial charge is 0.410 e. The highest BCUT2D eigenvalue weighted by molar-refractivity contribution is 7.92. The molecule has 0 spiro atoms. The minimum absolute atomic E-state index is 0.0574. The van der Waals surface area contributed by atoms with Crippen molar-refractivity contribution in [1.82, 2.24) is 31.1 Å². The van der Waals surface area contributed by atoms with E-state index in [1.54, 1.807) is 46.4 Å². The van der Waals surface area contributed by atoms with Gasteiger partial charge in [-0.3, -0.25) is 19.2 Å². The zero-order chi connectivity index (χ0) is 43.8. The lowest BCUT2D eigenvalue weighted by Crippen LogP contribution is -2.63. The monoisotopic (exact) mass is 842 g/mol. The maximum Gasteiger partial charge on any atom is 0.410 e. The fraction of sp³-hybridized carbons (Fsp3) is 0.674. The Balaban J connectivity index is 1.61. The van der Waals surface area contributed by atoms with Crippen LogP contribution in [0.2, 0.25) is 0 Å². The molecule has 0 radical (unpaired) electrons. The van der Waals surface area contributed by atoms with E-state index in [-0.39, 0.29) is 31.7 Å². The Morgan fingerprint density at radius 2 is 1.64 bits per heavy atom. The number of likely N-dealkylation sites (tertiary alicyclic amines) is 1. The highest BCUT2D eigenvalue weighted by Crippen LogP contribution is 2.33. The van der Waals surface area contributed by atoms with Crippen LogP contribution >= 0.6 is 0 Å². The van der Waals surface area contributed by atoms with E-state index < -0.39 is 85.4 Å². The number of carbonyl (C=O) groups is 6. The fourth-order valence-corrected chi connectivity index (χ4v) is 9.46. The van der Waals surface area contributed by atoms with Crippen LogP contribution in [0, 0.1) is 5.41 Å². The molecule has 1 saturated heterocycles. The number of ether oxygens (including phenoxy) is 1. The number of Topliss-reactive ketones (excluding diaryl/α,β-unsaturated/α-hetero) is 1. The summed E-state index contributed by atoms with van der Waals surface area (Å²) in [6, 6.07) is 3.48. The molecule has 1 aromatic carbocycles. The molecule has 2 heterocycles. The number of ketones is 1. The molecule has 328 valence electrons. The average molecular weight is 843 g/mol. The first-order chi connectivity index (χ1) is 27.6. The number of amides is 6. The second-order valence-corrected chi connectivity index (χ2v) is 21.1. The first-order valence-electron chi connectivity index (χ1n) is 21.0. The molecule has 0 aromatic heterocycles. The zero-order valence-electron chi connectivity index (χ0n) is 36.0. The van der Waals surface area contributed by atoms with Crippen molar-refractivity contribution in [2.24, 2.45) is 5.41 Å². The Kier molecular flexibility index (Phi) is 15.8. The van der Waals surface area contributed by atoms with Gasteiger partial charge in [-0.25, -0.2) is 18.0 Å². The summed E-state index contributed by atoms with van der Waals surface area (Å²) >= 11 is 0. The van der Waals surface area contributed by atoms with Gasteiger partial charge >= 0.3 is 12.1 Å². The lowest BCUT2D eigenvalue weighted by molar-refractivity contribution is -0.143. The molecule has 16 heteroatoms. The Bertz CT molecular complexity index is 1830. The predicted molar refractivity (Wildman–Crippen MR) is 225 cm³/mol. The van der Waals surface area contributed by atoms with Gasteiger partial charge in [-0.1, -0.05) is 90.1 Å². The van der Waals surface area contributed by atoms with Gasteiger partial charge in [0.2, 0.25) is 17.6 Å². The second-order valence-electron chi connectivity index (χ2n) is 18.4. The number of fused-ring (bicyclic) bond motifs is 1. The Morgan fingerprint density at radius 3 is 2.25 bits per heavy atom. The van der Waals surface area contributed by atoms with E-state index in [2.05, 4.69) is 27.8 Å². The average Bonchev–Trinajstić information content (AvgIpc) is 3.59. The molecule has 1 aromatic rings. The van der Waals surface area contributed by atoms with Crippen LogP contribution < -0.4 is 21.3 Å². The third kappa shape index (κ3) is 12.3. The van der Waals surface area contributed by atoms with Crippen LogP contribution in [0.5, 0.6) is 0 Å². The summed E-state index contributed by atoms with van der Waals surface area (Å²) in [5, 5.41) is 11.0.